The lowest BCUT2D eigenvalue weighted by atomic mass is 10.1. The lowest BCUT2D eigenvalue weighted by Gasteiger charge is -2.36. The summed E-state index contributed by atoms with van der Waals surface area (Å²) in [6.45, 7) is 2.43. The van der Waals surface area contributed by atoms with Crippen molar-refractivity contribution >= 4 is 34.0 Å². The second-order valence-electron chi connectivity index (χ2n) is 8.04. The normalized spacial score (nSPS) is 13.8. The van der Waals surface area contributed by atoms with Gasteiger partial charge in [0.05, 0.1) is 12.5 Å². The summed E-state index contributed by atoms with van der Waals surface area (Å²) in [5, 5.41) is 6.21. The number of benzene rings is 3. The molecule has 3 aromatic carbocycles. The minimum absolute atomic E-state index is 0.203. The quantitative estimate of drug-likeness (QED) is 0.447. The number of anilines is 1. The van der Waals surface area contributed by atoms with Crippen LogP contribution in [0.1, 0.15) is 10.5 Å². The third-order valence-corrected chi connectivity index (χ3v) is 6.30. The Morgan fingerprint density at radius 3 is 2.35 bits per heavy atom. The van der Waals surface area contributed by atoms with Crippen LogP contribution in [0.2, 0.25) is 5.02 Å². The first kappa shape index (κ1) is 22.0. The van der Waals surface area contributed by atoms with Gasteiger partial charge in [0.1, 0.15) is 11.4 Å². The fraction of sp³-hybridized carbons (Fsp3) is 0.192. The lowest BCUT2D eigenvalue weighted by Crippen LogP contribution is -2.49. The highest BCUT2D eigenvalue weighted by Crippen LogP contribution is 2.24. The number of carbonyl (C=O) groups excluding carboxylic acids is 1. The van der Waals surface area contributed by atoms with Crippen molar-refractivity contribution in [2.24, 2.45) is 0 Å². The molecule has 2 heterocycles. The summed E-state index contributed by atoms with van der Waals surface area (Å²) in [7, 11) is 1.54. The van der Waals surface area contributed by atoms with Crippen LogP contribution in [0.4, 0.5) is 5.69 Å². The maximum absolute atomic E-state index is 13.6. The Kier molecular flexibility index (Phi) is 5.94. The Morgan fingerprint density at radius 1 is 0.912 bits per heavy atom. The molecular weight excluding hydrogens is 452 g/mol. The summed E-state index contributed by atoms with van der Waals surface area (Å²) in [5.41, 5.74) is 1.47. The smallest absolute Gasteiger partial charge is 0.279 e. The molecule has 0 atom stereocenters. The van der Waals surface area contributed by atoms with Crippen LogP contribution in [0.5, 0.6) is 5.75 Å². The van der Waals surface area contributed by atoms with E-state index in [2.05, 4.69) is 10.00 Å². The van der Waals surface area contributed by atoms with Gasteiger partial charge in [0.15, 0.2) is 5.69 Å². The molecule has 5 rings (SSSR count). The largest absolute Gasteiger partial charge is 0.494 e. The van der Waals surface area contributed by atoms with Gasteiger partial charge in [-0.3, -0.25) is 9.59 Å². The molecular formula is C26H23ClN4O3. The second-order valence-corrected chi connectivity index (χ2v) is 8.48. The number of para-hydroxylation sites is 2. The van der Waals surface area contributed by atoms with E-state index in [1.54, 1.807) is 41.3 Å². The van der Waals surface area contributed by atoms with Crippen molar-refractivity contribution in [3.05, 3.63) is 93.9 Å². The van der Waals surface area contributed by atoms with E-state index in [4.69, 9.17) is 16.3 Å². The molecule has 8 heteroatoms. The number of rotatable bonds is 4. The minimum Gasteiger partial charge on any atom is -0.494 e. The average molecular weight is 475 g/mol. The average Bonchev–Trinajstić information content (AvgIpc) is 2.89. The van der Waals surface area contributed by atoms with E-state index in [1.165, 1.54) is 11.8 Å². The highest BCUT2D eigenvalue weighted by atomic mass is 35.5. The van der Waals surface area contributed by atoms with E-state index in [9.17, 15) is 9.59 Å². The maximum Gasteiger partial charge on any atom is 0.279 e. The molecule has 4 aromatic rings. The summed E-state index contributed by atoms with van der Waals surface area (Å²) in [6, 6.07) is 21.9. The number of carbonyl (C=O) groups is 1. The molecule has 0 N–H and O–H groups in total. The zero-order valence-electron chi connectivity index (χ0n) is 18.6. The summed E-state index contributed by atoms with van der Waals surface area (Å²) in [5.74, 6) is 0.298. The standard InChI is InChI=1S/C26H23ClN4O3/c1-34-23-12-5-4-11-22(23)31-25(32)21-10-3-2-9-20(21)24(28-31)26(33)30-15-13-29(14-16-30)19-8-6-7-18(27)17-19/h2-12,17H,13-16H2,1H3. The Hall–Kier alpha value is -3.84. The summed E-state index contributed by atoms with van der Waals surface area (Å²) in [4.78, 5) is 30.9. The van der Waals surface area contributed by atoms with Gasteiger partial charge in [-0.1, -0.05) is 48.0 Å². The Labute approximate surface area is 201 Å². The zero-order chi connectivity index (χ0) is 23.7. The van der Waals surface area contributed by atoms with Crippen LogP contribution in [0.15, 0.2) is 77.6 Å². The molecule has 0 spiro atoms. The number of aromatic nitrogens is 2. The van der Waals surface area contributed by atoms with Crippen LogP contribution in [-0.2, 0) is 0 Å². The van der Waals surface area contributed by atoms with E-state index in [1.807, 2.05) is 36.4 Å². The van der Waals surface area contributed by atoms with E-state index in [-0.39, 0.29) is 17.2 Å². The van der Waals surface area contributed by atoms with Crippen molar-refractivity contribution in [3.63, 3.8) is 0 Å². The van der Waals surface area contributed by atoms with Crippen molar-refractivity contribution in [1.82, 2.24) is 14.7 Å². The SMILES string of the molecule is COc1ccccc1-n1nc(C(=O)N2CCN(c3cccc(Cl)c3)CC2)c2ccccc2c1=O. The molecule has 1 amide bonds. The van der Waals surface area contributed by atoms with Gasteiger partial charge in [-0.25, -0.2) is 0 Å². The number of hydrogen-bond acceptors (Lipinski definition) is 5. The molecule has 172 valence electrons. The number of fused-ring (bicyclic) bond motifs is 1. The minimum atomic E-state index is -0.303. The summed E-state index contributed by atoms with van der Waals surface area (Å²) < 4.78 is 6.70. The first-order valence-electron chi connectivity index (χ1n) is 11.0. The molecule has 1 aliphatic heterocycles. The van der Waals surface area contributed by atoms with E-state index < -0.39 is 0 Å². The van der Waals surface area contributed by atoms with Crippen LogP contribution < -0.4 is 15.2 Å². The highest BCUT2D eigenvalue weighted by molar-refractivity contribution is 6.30. The molecule has 0 unspecified atom stereocenters. The van der Waals surface area contributed by atoms with Crippen LogP contribution in [0.25, 0.3) is 16.5 Å². The van der Waals surface area contributed by atoms with Crippen molar-refractivity contribution in [2.45, 2.75) is 0 Å². The van der Waals surface area contributed by atoms with Crippen molar-refractivity contribution in [3.8, 4) is 11.4 Å². The van der Waals surface area contributed by atoms with E-state index in [0.717, 1.165) is 5.69 Å². The molecule has 0 aliphatic carbocycles. The molecule has 34 heavy (non-hydrogen) atoms. The summed E-state index contributed by atoms with van der Waals surface area (Å²) in [6.07, 6.45) is 0. The third-order valence-electron chi connectivity index (χ3n) is 6.06. The number of hydrogen-bond donors (Lipinski definition) is 0. The first-order chi connectivity index (χ1) is 16.6. The van der Waals surface area contributed by atoms with Crippen molar-refractivity contribution in [2.75, 3.05) is 38.2 Å². The van der Waals surface area contributed by atoms with Crippen LogP contribution >= 0.6 is 11.6 Å². The Balaban J connectivity index is 1.51. The molecule has 7 nitrogen and oxygen atoms in total. The lowest BCUT2D eigenvalue weighted by molar-refractivity contribution is 0.0741. The number of nitrogens with zero attached hydrogens (tertiary/aromatic N) is 4. The van der Waals surface area contributed by atoms with Crippen LogP contribution in [-0.4, -0.2) is 53.9 Å². The van der Waals surface area contributed by atoms with Gasteiger partial charge < -0.3 is 14.5 Å². The van der Waals surface area contributed by atoms with Gasteiger partial charge in [0, 0.05) is 42.3 Å². The van der Waals surface area contributed by atoms with Gasteiger partial charge in [-0.15, -0.1) is 0 Å². The predicted octanol–water partition coefficient (Wildman–Crippen LogP) is 4.01. The molecule has 0 bridgehead atoms. The maximum atomic E-state index is 13.6. The molecule has 0 radical (unpaired) electrons. The Morgan fingerprint density at radius 2 is 1.62 bits per heavy atom. The fourth-order valence-electron chi connectivity index (χ4n) is 4.31. The Bertz CT molecular complexity index is 1430. The number of halogens is 1. The van der Waals surface area contributed by atoms with Crippen LogP contribution in [0.3, 0.4) is 0 Å². The van der Waals surface area contributed by atoms with Gasteiger partial charge >= 0.3 is 0 Å². The van der Waals surface area contributed by atoms with Gasteiger partial charge in [0.25, 0.3) is 11.5 Å². The predicted molar refractivity (Wildman–Crippen MR) is 133 cm³/mol. The van der Waals surface area contributed by atoms with Crippen molar-refractivity contribution in [1.29, 1.82) is 0 Å². The molecule has 1 aliphatic rings. The van der Waals surface area contributed by atoms with E-state index >= 15 is 0 Å². The topological polar surface area (TPSA) is 67.7 Å². The first-order valence-corrected chi connectivity index (χ1v) is 11.4. The number of methoxy groups -OCH3 is 1. The van der Waals surface area contributed by atoms with Crippen molar-refractivity contribution < 1.29 is 9.53 Å². The zero-order valence-corrected chi connectivity index (χ0v) is 19.4. The fourth-order valence-corrected chi connectivity index (χ4v) is 4.49. The molecule has 0 saturated carbocycles. The van der Waals surface area contributed by atoms with E-state index in [0.29, 0.717) is 53.4 Å². The molecule has 1 saturated heterocycles. The number of amides is 1. The molecule has 1 aromatic heterocycles. The summed E-state index contributed by atoms with van der Waals surface area (Å²) >= 11 is 6.14. The van der Waals surface area contributed by atoms with Gasteiger partial charge in [0.2, 0.25) is 0 Å². The van der Waals surface area contributed by atoms with Gasteiger partial charge in [-0.05, 0) is 36.4 Å². The van der Waals surface area contributed by atoms with Gasteiger partial charge in [-0.2, -0.15) is 9.78 Å². The molecule has 1 fully saturated rings. The number of piperazine rings is 1. The monoisotopic (exact) mass is 474 g/mol. The highest BCUT2D eigenvalue weighted by Gasteiger charge is 2.26. The van der Waals surface area contributed by atoms with Crippen LogP contribution in [0, 0.1) is 0 Å². The third kappa shape index (κ3) is 3.99. The number of ether oxygens (including phenoxy) is 1. The second kappa shape index (κ2) is 9.19.